The molecule has 0 radical (unpaired) electrons. The minimum Gasteiger partial charge on any atom is -0.481 e. The summed E-state index contributed by atoms with van der Waals surface area (Å²) < 4.78 is 5.16. The molecule has 0 saturated carbocycles. The summed E-state index contributed by atoms with van der Waals surface area (Å²) in [7, 11) is 0. The number of aliphatic carboxylic acids is 3. The third-order valence-corrected chi connectivity index (χ3v) is 8.20. The second-order valence-electron chi connectivity index (χ2n) is 12.7. The van der Waals surface area contributed by atoms with Crippen molar-refractivity contribution in [3.05, 3.63) is 83.4 Å². The van der Waals surface area contributed by atoms with Crippen molar-refractivity contribution < 1.29 is 58.4 Å². The van der Waals surface area contributed by atoms with E-state index in [0.717, 1.165) is 23.3 Å². The van der Waals surface area contributed by atoms with Crippen LogP contribution in [0.15, 0.2) is 66.7 Å². The zero-order chi connectivity index (χ0) is 39.1. The van der Waals surface area contributed by atoms with E-state index in [1.165, 1.54) is 0 Å². The van der Waals surface area contributed by atoms with Gasteiger partial charge >= 0.3 is 24.0 Å². The molecule has 0 heterocycles. The fraction of sp³-hybridized carbons (Fsp3) is 0.389. The Morgan fingerprint density at radius 3 is 1.91 bits per heavy atom. The summed E-state index contributed by atoms with van der Waals surface area (Å²) in [5.41, 5.74) is 2.49. The molecule has 0 bridgehead atoms. The molecule has 1 aliphatic carbocycles. The second-order valence-corrected chi connectivity index (χ2v) is 12.7. The number of benzene rings is 2. The van der Waals surface area contributed by atoms with E-state index >= 15 is 0 Å². The lowest BCUT2D eigenvalue weighted by Crippen LogP contribution is -2.60. The standard InChI is InChI=1S/C36H43N5O12/c1-20(2)31(34(50)38-25(16-28(43)44)12-13-27(42)37-18-30(47)48)40-35(51)32(24-14-22-10-6-7-11-23(22)15-24)41-33(49)26(17-29(45)46)39-36(52)53-19-21-8-4-3-5-9-21/h3-13,20,24-26,31-32H,14-19H2,1-2H3,(H,37,42)(H,38,50)(H,39,52)(H,40,51)(H,41,49)(H,43,44)(H,45,46)(H,47,48)/b13-12+/t25-,26+,31+,32+/m1/s1. The molecule has 17 nitrogen and oxygen atoms in total. The Bertz CT molecular complexity index is 1670. The molecule has 0 unspecified atom stereocenters. The molecule has 2 aromatic rings. The van der Waals surface area contributed by atoms with E-state index in [4.69, 9.17) is 9.84 Å². The zero-order valence-electron chi connectivity index (χ0n) is 29.1. The third kappa shape index (κ3) is 13.8. The first-order valence-corrected chi connectivity index (χ1v) is 16.7. The minimum absolute atomic E-state index is 0.154. The van der Waals surface area contributed by atoms with Crippen molar-refractivity contribution in [3.63, 3.8) is 0 Å². The Labute approximate surface area is 304 Å². The molecule has 8 N–H and O–H groups in total. The van der Waals surface area contributed by atoms with Crippen LogP contribution in [0.5, 0.6) is 0 Å². The lowest BCUT2D eigenvalue weighted by atomic mass is 9.93. The van der Waals surface area contributed by atoms with Gasteiger partial charge in [0.15, 0.2) is 0 Å². The highest BCUT2D eigenvalue weighted by molar-refractivity contribution is 5.95. The van der Waals surface area contributed by atoms with Crippen molar-refractivity contribution >= 4 is 47.6 Å². The molecule has 1 aliphatic rings. The number of nitrogens with one attached hydrogen (secondary N) is 5. The van der Waals surface area contributed by atoms with Crippen LogP contribution in [-0.2, 0) is 57.7 Å². The summed E-state index contributed by atoms with van der Waals surface area (Å²) in [5, 5.41) is 39.7. The molecule has 0 fully saturated rings. The first-order chi connectivity index (χ1) is 25.1. The SMILES string of the molecule is CC(C)[C@H](NC(=O)[C@@H](NC(=O)[C@H](CC(=O)O)NC(=O)OCc1ccccc1)C1Cc2ccccc2C1)C(=O)N[C@H](/C=C/C(=O)NCC(=O)O)CC(=O)O. The number of amides is 5. The van der Waals surface area contributed by atoms with E-state index in [-0.39, 0.29) is 6.61 Å². The van der Waals surface area contributed by atoms with Crippen molar-refractivity contribution in [3.8, 4) is 0 Å². The number of rotatable bonds is 19. The summed E-state index contributed by atoms with van der Waals surface area (Å²) in [6, 6.07) is 10.5. The van der Waals surface area contributed by atoms with E-state index in [0.29, 0.717) is 18.4 Å². The van der Waals surface area contributed by atoms with E-state index in [9.17, 15) is 48.6 Å². The van der Waals surface area contributed by atoms with Gasteiger partial charge in [-0.3, -0.25) is 33.6 Å². The van der Waals surface area contributed by atoms with Gasteiger partial charge in [0, 0.05) is 6.08 Å². The Balaban J connectivity index is 1.81. The van der Waals surface area contributed by atoms with Gasteiger partial charge in [-0.25, -0.2) is 4.79 Å². The van der Waals surface area contributed by atoms with Gasteiger partial charge in [-0.15, -0.1) is 0 Å². The van der Waals surface area contributed by atoms with Crippen LogP contribution in [0, 0.1) is 11.8 Å². The van der Waals surface area contributed by atoms with Crippen LogP contribution in [-0.4, -0.2) is 93.7 Å². The maximum absolute atomic E-state index is 14.0. The summed E-state index contributed by atoms with van der Waals surface area (Å²) in [5.74, 6) is -8.62. The summed E-state index contributed by atoms with van der Waals surface area (Å²) in [6.07, 6.45) is 0.0828. The average molecular weight is 738 g/mol. The fourth-order valence-corrected chi connectivity index (χ4v) is 5.60. The topological polar surface area (TPSA) is 267 Å². The normalized spacial score (nSPS) is 14.5. The molecule has 4 atom stereocenters. The first-order valence-electron chi connectivity index (χ1n) is 16.7. The van der Waals surface area contributed by atoms with Crippen LogP contribution in [0.25, 0.3) is 0 Å². The maximum atomic E-state index is 14.0. The summed E-state index contributed by atoms with van der Waals surface area (Å²) in [4.78, 5) is 99.6. The van der Waals surface area contributed by atoms with Crippen molar-refractivity contribution in [1.29, 1.82) is 0 Å². The van der Waals surface area contributed by atoms with E-state index in [1.807, 2.05) is 24.3 Å². The molecule has 0 spiro atoms. The molecule has 53 heavy (non-hydrogen) atoms. The largest absolute Gasteiger partial charge is 0.481 e. The highest BCUT2D eigenvalue weighted by atomic mass is 16.5. The molecule has 0 aromatic heterocycles. The van der Waals surface area contributed by atoms with Crippen LogP contribution in [0.2, 0.25) is 0 Å². The molecule has 5 amide bonds. The van der Waals surface area contributed by atoms with Gasteiger partial charge in [0.2, 0.25) is 23.6 Å². The highest BCUT2D eigenvalue weighted by Gasteiger charge is 2.38. The van der Waals surface area contributed by atoms with Crippen LogP contribution in [0.4, 0.5) is 4.79 Å². The predicted molar refractivity (Wildman–Crippen MR) is 186 cm³/mol. The van der Waals surface area contributed by atoms with Crippen molar-refractivity contribution in [2.75, 3.05) is 6.54 Å². The van der Waals surface area contributed by atoms with E-state index < -0.39 is 103 Å². The number of fused-ring (bicyclic) bond motifs is 1. The maximum Gasteiger partial charge on any atom is 0.408 e. The Morgan fingerprint density at radius 1 is 0.736 bits per heavy atom. The average Bonchev–Trinajstić information content (AvgIpc) is 3.53. The lowest BCUT2D eigenvalue weighted by Gasteiger charge is -2.30. The van der Waals surface area contributed by atoms with Crippen LogP contribution < -0.4 is 26.6 Å². The number of carbonyl (C=O) groups is 8. The van der Waals surface area contributed by atoms with E-state index in [1.54, 1.807) is 44.2 Å². The molecule has 0 saturated heterocycles. The van der Waals surface area contributed by atoms with Crippen LogP contribution in [0.3, 0.4) is 0 Å². The molecule has 2 aromatic carbocycles. The number of carboxylic acids is 3. The number of ether oxygens (including phenoxy) is 1. The van der Waals surface area contributed by atoms with Gasteiger partial charge in [-0.2, -0.15) is 0 Å². The molecular weight excluding hydrogens is 694 g/mol. The number of hydrogen-bond donors (Lipinski definition) is 8. The Kier molecular flexibility index (Phi) is 15.5. The van der Waals surface area contributed by atoms with Crippen molar-refractivity contribution in [2.24, 2.45) is 11.8 Å². The van der Waals surface area contributed by atoms with Gasteiger partial charge in [0.1, 0.15) is 31.3 Å². The predicted octanol–water partition coefficient (Wildman–Crippen LogP) is 0.513. The molecular formula is C36H43N5O12. The monoisotopic (exact) mass is 737 g/mol. The van der Waals surface area contributed by atoms with Crippen molar-refractivity contribution in [2.45, 2.75) is 70.3 Å². The molecule has 0 aliphatic heterocycles. The van der Waals surface area contributed by atoms with Gasteiger partial charge in [0.05, 0.1) is 18.9 Å². The number of carbonyl (C=O) groups excluding carboxylic acids is 5. The number of hydrogen-bond acceptors (Lipinski definition) is 9. The molecule has 3 rings (SSSR count). The Morgan fingerprint density at radius 2 is 1.34 bits per heavy atom. The molecule has 284 valence electrons. The van der Waals surface area contributed by atoms with Gasteiger partial charge < -0.3 is 46.6 Å². The fourth-order valence-electron chi connectivity index (χ4n) is 5.60. The second kappa shape index (κ2) is 20.0. The minimum atomic E-state index is -1.64. The van der Waals surface area contributed by atoms with Crippen LogP contribution in [0.1, 0.15) is 43.4 Å². The quantitative estimate of drug-likeness (QED) is 0.0917. The van der Waals surface area contributed by atoms with Gasteiger partial charge in [-0.05, 0) is 41.4 Å². The summed E-state index contributed by atoms with van der Waals surface area (Å²) >= 11 is 0. The Hall–Kier alpha value is -6.26. The third-order valence-electron chi connectivity index (χ3n) is 8.20. The van der Waals surface area contributed by atoms with Gasteiger partial charge in [-0.1, -0.05) is 74.5 Å². The zero-order valence-corrected chi connectivity index (χ0v) is 29.1. The first kappa shape index (κ1) is 41.2. The summed E-state index contributed by atoms with van der Waals surface area (Å²) in [6.45, 7) is 2.38. The van der Waals surface area contributed by atoms with Gasteiger partial charge in [0.25, 0.3) is 0 Å². The lowest BCUT2D eigenvalue weighted by molar-refractivity contribution is -0.140. The molecule has 17 heteroatoms. The number of carboxylic acid groups (broad SMARTS) is 3. The van der Waals surface area contributed by atoms with Crippen LogP contribution >= 0.6 is 0 Å². The highest BCUT2D eigenvalue weighted by Crippen LogP contribution is 2.29. The van der Waals surface area contributed by atoms with E-state index in [2.05, 4.69) is 26.6 Å². The number of alkyl carbamates (subject to hydrolysis) is 1. The van der Waals surface area contributed by atoms with Crippen molar-refractivity contribution in [1.82, 2.24) is 26.6 Å². The smallest absolute Gasteiger partial charge is 0.408 e.